The fraction of sp³-hybridized carbons (Fsp3) is 0.200. The summed E-state index contributed by atoms with van der Waals surface area (Å²) in [5.74, 6) is -5.55. The van der Waals surface area contributed by atoms with Crippen molar-refractivity contribution in [2.45, 2.75) is 31.9 Å². The third-order valence-corrected chi connectivity index (χ3v) is 5.26. The Morgan fingerprint density at radius 1 is 1.03 bits per heavy atom. The lowest BCUT2D eigenvalue weighted by Gasteiger charge is -2.27. The number of hydrogen-bond acceptors (Lipinski definition) is 3. The van der Waals surface area contributed by atoms with E-state index >= 15 is 0 Å². The lowest BCUT2D eigenvalue weighted by molar-refractivity contribution is -0.144. The van der Waals surface area contributed by atoms with Crippen LogP contribution in [0.25, 0.3) is 16.6 Å². The monoisotopic (exact) mass is 471 g/mol. The van der Waals surface area contributed by atoms with Crippen LogP contribution in [0.3, 0.4) is 0 Å². The number of ether oxygens (including phenoxy) is 1. The highest BCUT2D eigenvalue weighted by Crippen LogP contribution is 2.29. The van der Waals surface area contributed by atoms with Gasteiger partial charge in [-0.1, -0.05) is 12.1 Å². The van der Waals surface area contributed by atoms with Crippen LogP contribution in [-0.2, 0) is 4.79 Å². The van der Waals surface area contributed by atoms with E-state index in [1.54, 1.807) is 47.3 Å². The average molecular weight is 471 g/mol. The molecule has 0 saturated carbocycles. The standard InChI is InChI=1S/C25H21F4N3O2/c1-15(31-24(33)25(2,28)29)23(16-4-3-5-19(27)12-16)34-21-10-11-22-17(13-21)14-30-32(22)20-8-6-18(26)7-9-20/h3-15,23H,1-2H3,(H,31,33). The molecule has 1 aromatic heterocycles. The van der Waals surface area contributed by atoms with Crippen molar-refractivity contribution in [2.75, 3.05) is 0 Å². The molecule has 4 aromatic rings. The van der Waals surface area contributed by atoms with Gasteiger partial charge in [0.2, 0.25) is 0 Å². The van der Waals surface area contributed by atoms with E-state index in [-0.39, 0.29) is 5.82 Å². The molecule has 34 heavy (non-hydrogen) atoms. The quantitative estimate of drug-likeness (QED) is 0.358. The van der Waals surface area contributed by atoms with Crippen molar-refractivity contribution in [3.63, 3.8) is 0 Å². The number of carbonyl (C=O) groups excluding carboxylic acids is 1. The van der Waals surface area contributed by atoms with Crippen LogP contribution < -0.4 is 10.1 Å². The van der Waals surface area contributed by atoms with Gasteiger partial charge >= 0.3 is 5.92 Å². The summed E-state index contributed by atoms with van der Waals surface area (Å²) < 4.78 is 61.7. The molecular weight excluding hydrogens is 450 g/mol. The first-order chi connectivity index (χ1) is 16.1. The first-order valence-electron chi connectivity index (χ1n) is 10.5. The maximum absolute atomic E-state index is 13.9. The minimum Gasteiger partial charge on any atom is -0.484 e. The predicted octanol–water partition coefficient (Wildman–Crippen LogP) is 5.58. The SMILES string of the molecule is CC(NC(=O)C(C)(F)F)C(Oc1ccc2c(cnn2-c2ccc(F)cc2)c1)c1cccc(F)c1. The highest BCUT2D eigenvalue weighted by Gasteiger charge is 2.35. The summed E-state index contributed by atoms with van der Waals surface area (Å²) in [5.41, 5.74) is 1.77. The molecule has 0 spiro atoms. The molecule has 1 amide bonds. The Morgan fingerprint density at radius 3 is 2.44 bits per heavy atom. The summed E-state index contributed by atoms with van der Waals surface area (Å²) in [4.78, 5) is 11.8. The molecule has 9 heteroatoms. The predicted molar refractivity (Wildman–Crippen MR) is 119 cm³/mol. The van der Waals surface area contributed by atoms with Gasteiger partial charge < -0.3 is 10.1 Å². The summed E-state index contributed by atoms with van der Waals surface area (Å²) >= 11 is 0. The van der Waals surface area contributed by atoms with E-state index in [2.05, 4.69) is 10.4 Å². The fourth-order valence-corrected chi connectivity index (χ4v) is 3.57. The van der Waals surface area contributed by atoms with Crippen LogP contribution in [0.15, 0.2) is 72.9 Å². The van der Waals surface area contributed by atoms with Crippen molar-refractivity contribution >= 4 is 16.8 Å². The molecule has 2 unspecified atom stereocenters. The van der Waals surface area contributed by atoms with Crippen LogP contribution in [0.1, 0.15) is 25.5 Å². The number of aromatic nitrogens is 2. The van der Waals surface area contributed by atoms with Crippen molar-refractivity contribution in [1.29, 1.82) is 0 Å². The number of alkyl halides is 2. The van der Waals surface area contributed by atoms with Crippen molar-refractivity contribution < 1.29 is 27.1 Å². The molecule has 0 aliphatic rings. The van der Waals surface area contributed by atoms with Gasteiger partial charge in [-0.05, 0) is 67.1 Å². The summed E-state index contributed by atoms with van der Waals surface area (Å²) in [6.45, 7) is 2.00. The van der Waals surface area contributed by atoms with Crippen LogP contribution in [0, 0.1) is 11.6 Å². The fourth-order valence-electron chi connectivity index (χ4n) is 3.57. The normalized spacial score (nSPS) is 13.5. The lowest BCUT2D eigenvalue weighted by atomic mass is 10.0. The summed E-state index contributed by atoms with van der Waals surface area (Å²) in [6.07, 6.45) is 0.651. The molecule has 5 nitrogen and oxygen atoms in total. The zero-order chi connectivity index (χ0) is 24.5. The van der Waals surface area contributed by atoms with E-state index < -0.39 is 29.8 Å². The topological polar surface area (TPSA) is 56.1 Å². The van der Waals surface area contributed by atoms with Crippen molar-refractivity contribution in [3.8, 4) is 11.4 Å². The Balaban J connectivity index is 1.64. The molecule has 176 valence electrons. The molecule has 1 heterocycles. The van der Waals surface area contributed by atoms with Gasteiger partial charge in [-0.15, -0.1) is 0 Å². The number of amides is 1. The number of carbonyl (C=O) groups is 1. The number of nitrogens with one attached hydrogen (secondary N) is 1. The third kappa shape index (κ3) is 5.03. The molecule has 4 rings (SSSR count). The van der Waals surface area contributed by atoms with Crippen LogP contribution in [-0.4, -0.2) is 27.7 Å². The Morgan fingerprint density at radius 2 is 1.76 bits per heavy atom. The Labute approximate surface area is 193 Å². The number of rotatable bonds is 7. The Kier molecular flexibility index (Phi) is 6.28. The lowest BCUT2D eigenvalue weighted by Crippen LogP contribution is -2.46. The van der Waals surface area contributed by atoms with Gasteiger partial charge in [0.25, 0.3) is 5.91 Å². The van der Waals surface area contributed by atoms with Gasteiger partial charge in [0.05, 0.1) is 23.4 Å². The minimum absolute atomic E-state index is 0.360. The first-order valence-corrected chi connectivity index (χ1v) is 10.5. The molecule has 0 saturated heterocycles. The van der Waals surface area contributed by atoms with E-state index in [0.29, 0.717) is 29.3 Å². The van der Waals surface area contributed by atoms with Gasteiger partial charge in [-0.2, -0.15) is 13.9 Å². The summed E-state index contributed by atoms with van der Waals surface area (Å²) in [6, 6.07) is 15.6. The van der Waals surface area contributed by atoms with Crippen molar-refractivity contribution in [1.82, 2.24) is 15.1 Å². The van der Waals surface area contributed by atoms with Crippen molar-refractivity contribution in [3.05, 3.63) is 90.1 Å². The number of fused-ring (bicyclic) bond motifs is 1. The maximum Gasteiger partial charge on any atom is 0.321 e. The summed E-state index contributed by atoms with van der Waals surface area (Å²) in [7, 11) is 0. The number of halogens is 4. The molecule has 0 radical (unpaired) electrons. The molecule has 0 bridgehead atoms. The molecule has 0 aliphatic carbocycles. The van der Waals surface area contributed by atoms with Gasteiger partial charge in [0.1, 0.15) is 23.5 Å². The van der Waals surface area contributed by atoms with Gasteiger partial charge in [-0.25, -0.2) is 13.5 Å². The van der Waals surface area contributed by atoms with Gasteiger partial charge in [0, 0.05) is 12.3 Å². The van der Waals surface area contributed by atoms with E-state index in [9.17, 15) is 22.4 Å². The van der Waals surface area contributed by atoms with Crippen LogP contribution in [0.5, 0.6) is 5.75 Å². The molecule has 0 fully saturated rings. The highest BCUT2D eigenvalue weighted by molar-refractivity contribution is 5.83. The summed E-state index contributed by atoms with van der Waals surface area (Å²) in [5, 5.41) is 7.28. The maximum atomic E-state index is 13.9. The second kappa shape index (κ2) is 9.17. The molecule has 3 aromatic carbocycles. The van der Waals surface area contributed by atoms with Gasteiger partial charge in [0.15, 0.2) is 0 Å². The second-order valence-electron chi connectivity index (χ2n) is 8.00. The molecule has 1 N–H and O–H groups in total. The number of benzene rings is 3. The van der Waals surface area contributed by atoms with Crippen LogP contribution >= 0.6 is 0 Å². The van der Waals surface area contributed by atoms with E-state index in [1.165, 1.54) is 37.3 Å². The number of hydrogen-bond donors (Lipinski definition) is 1. The Bertz CT molecular complexity index is 1320. The zero-order valence-electron chi connectivity index (χ0n) is 18.3. The van der Waals surface area contributed by atoms with E-state index in [4.69, 9.17) is 4.74 Å². The molecule has 0 aliphatic heterocycles. The molecule has 2 atom stereocenters. The second-order valence-corrected chi connectivity index (χ2v) is 8.00. The average Bonchev–Trinajstić information content (AvgIpc) is 3.20. The zero-order valence-corrected chi connectivity index (χ0v) is 18.3. The smallest absolute Gasteiger partial charge is 0.321 e. The number of nitrogens with zero attached hydrogens (tertiary/aromatic N) is 2. The third-order valence-electron chi connectivity index (χ3n) is 5.26. The molecular formula is C25H21F4N3O2. The van der Waals surface area contributed by atoms with Gasteiger partial charge in [-0.3, -0.25) is 4.79 Å². The Hall–Kier alpha value is -3.88. The van der Waals surface area contributed by atoms with Crippen LogP contribution in [0.4, 0.5) is 17.6 Å². The first kappa shape index (κ1) is 23.3. The van der Waals surface area contributed by atoms with Crippen molar-refractivity contribution in [2.24, 2.45) is 0 Å². The largest absolute Gasteiger partial charge is 0.484 e. The van der Waals surface area contributed by atoms with E-state index in [1.807, 2.05) is 0 Å². The van der Waals surface area contributed by atoms with E-state index in [0.717, 1.165) is 5.52 Å². The minimum atomic E-state index is -3.57. The van der Waals surface area contributed by atoms with Crippen LogP contribution in [0.2, 0.25) is 0 Å². The highest BCUT2D eigenvalue weighted by atomic mass is 19.3.